The summed E-state index contributed by atoms with van der Waals surface area (Å²) in [7, 11) is 0. The van der Waals surface area contributed by atoms with Gasteiger partial charge in [0.05, 0.1) is 0 Å². The Kier molecular flexibility index (Phi) is 10.4. The first-order valence-corrected chi connectivity index (χ1v) is 22.7. The SMILES string of the molecule is c1ccc(-c2ccc(N(c3ccccc3)c3ccc(-c4nc5cc(-c6ccc7oc(-c8ccc(N(c9ccccc9)c9ccc(-c%10ccccc%10)cc9)cc8)nc7c6)ccc5o4)cc3)cc2)cc1. The highest BCUT2D eigenvalue weighted by molar-refractivity contribution is 5.88. The lowest BCUT2D eigenvalue weighted by Gasteiger charge is -2.25. The molecule has 0 aliphatic rings. The molecule has 0 saturated carbocycles. The lowest BCUT2D eigenvalue weighted by molar-refractivity contribution is 0.619. The summed E-state index contributed by atoms with van der Waals surface area (Å²) in [6, 6.07) is 88.2. The Morgan fingerprint density at radius 1 is 0.235 bits per heavy atom. The van der Waals surface area contributed by atoms with Crippen LogP contribution in [-0.2, 0) is 0 Å². The molecule has 10 aromatic carbocycles. The van der Waals surface area contributed by atoms with Crippen molar-refractivity contribution in [3.63, 3.8) is 0 Å². The van der Waals surface area contributed by atoms with E-state index in [9.17, 15) is 0 Å². The predicted octanol–water partition coefficient (Wildman–Crippen LogP) is 17.2. The molecule has 0 spiro atoms. The second kappa shape index (κ2) is 17.6. The Morgan fingerprint density at radius 2 is 0.500 bits per heavy atom. The molecular weight excluding hydrogens is 833 g/mol. The van der Waals surface area contributed by atoms with E-state index in [1.807, 2.05) is 36.4 Å². The minimum absolute atomic E-state index is 0.567. The summed E-state index contributed by atoms with van der Waals surface area (Å²) in [5, 5.41) is 0. The molecule has 12 rings (SSSR count). The van der Waals surface area contributed by atoms with Crippen LogP contribution in [0.4, 0.5) is 34.1 Å². The number of hydrogen-bond donors (Lipinski definition) is 0. The molecule has 68 heavy (non-hydrogen) atoms. The Hall–Kier alpha value is -9.26. The Balaban J connectivity index is 0.784. The molecular formula is C62H42N4O2. The third-order valence-corrected chi connectivity index (χ3v) is 12.3. The van der Waals surface area contributed by atoms with Crippen molar-refractivity contribution < 1.29 is 8.83 Å². The molecule has 2 aromatic heterocycles. The second-order valence-corrected chi connectivity index (χ2v) is 16.7. The molecule has 0 amide bonds. The number of fused-ring (bicyclic) bond motifs is 2. The fourth-order valence-electron chi connectivity index (χ4n) is 8.88. The van der Waals surface area contributed by atoms with Gasteiger partial charge in [-0.05, 0) is 155 Å². The minimum Gasteiger partial charge on any atom is -0.436 e. The Bertz CT molecular complexity index is 3380. The highest BCUT2D eigenvalue weighted by Gasteiger charge is 2.18. The molecule has 322 valence electrons. The van der Waals surface area contributed by atoms with Gasteiger partial charge in [-0.25, -0.2) is 9.97 Å². The zero-order chi connectivity index (χ0) is 45.2. The van der Waals surface area contributed by atoms with Crippen molar-refractivity contribution in [2.45, 2.75) is 0 Å². The van der Waals surface area contributed by atoms with Gasteiger partial charge in [-0.15, -0.1) is 0 Å². The van der Waals surface area contributed by atoms with E-state index in [2.05, 4.69) is 228 Å². The molecule has 0 fully saturated rings. The smallest absolute Gasteiger partial charge is 0.227 e. The fourth-order valence-corrected chi connectivity index (χ4v) is 8.88. The van der Waals surface area contributed by atoms with Crippen LogP contribution in [0, 0.1) is 0 Å². The normalized spacial score (nSPS) is 11.2. The number of rotatable bonds is 11. The highest BCUT2D eigenvalue weighted by Crippen LogP contribution is 2.39. The quantitative estimate of drug-likeness (QED) is 0.129. The van der Waals surface area contributed by atoms with Crippen molar-refractivity contribution in [3.05, 3.63) is 255 Å². The summed E-state index contributed by atoms with van der Waals surface area (Å²) in [6.45, 7) is 0. The van der Waals surface area contributed by atoms with Gasteiger partial charge >= 0.3 is 0 Å². The van der Waals surface area contributed by atoms with Crippen LogP contribution in [0.3, 0.4) is 0 Å². The van der Waals surface area contributed by atoms with Gasteiger partial charge in [0.25, 0.3) is 0 Å². The standard InChI is InChI=1S/C62H42N4O2/c1-5-13-43(14-6-1)45-21-31-53(32-22-45)65(51-17-9-3-10-18-51)55-35-25-47(26-36-55)61-63-57-41-49(29-39-59(57)67-61)50-30-40-60-58(42-50)64-62(68-60)48-27-37-56(38-28-48)66(52-19-11-4-12-20-52)54-33-23-46(24-34-54)44-15-7-2-8-16-44/h1-42H. The zero-order valence-corrected chi connectivity index (χ0v) is 36.9. The predicted molar refractivity (Wildman–Crippen MR) is 278 cm³/mol. The molecule has 0 aliphatic carbocycles. The van der Waals surface area contributed by atoms with Gasteiger partial charge in [-0.3, -0.25) is 0 Å². The van der Waals surface area contributed by atoms with Crippen molar-refractivity contribution in [2.75, 3.05) is 9.80 Å². The number of nitrogens with zero attached hydrogens (tertiary/aromatic N) is 4. The second-order valence-electron chi connectivity index (χ2n) is 16.7. The first-order chi connectivity index (χ1) is 33.7. The van der Waals surface area contributed by atoms with Gasteiger partial charge in [0.1, 0.15) is 11.0 Å². The van der Waals surface area contributed by atoms with E-state index >= 15 is 0 Å². The summed E-state index contributed by atoms with van der Waals surface area (Å²) in [5.41, 5.74) is 17.9. The van der Waals surface area contributed by atoms with Gasteiger partial charge in [0.15, 0.2) is 11.2 Å². The average Bonchev–Trinajstić information content (AvgIpc) is 4.05. The maximum atomic E-state index is 6.33. The third-order valence-electron chi connectivity index (χ3n) is 12.3. The van der Waals surface area contributed by atoms with Crippen LogP contribution in [0.1, 0.15) is 0 Å². The summed E-state index contributed by atoms with van der Waals surface area (Å²) in [6.07, 6.45) is 0. The largest absolute Gasteiger partial charge is 0.436 e. The van der Waals surface area contributed by atoms with E-state index < -0.39 is 0 Å². The van der Waals surface area contributed by atoms with Crippen molar-refractivity contribution >= 4 is 56.3 Å². The number of para-hydroxylation sites is 2. The topological polar surface area (TPSA) is 58.5 Å². The summed E-state index contributed by atoms with van der Waals surface area (Å²) in [4.78, 5) is 14.4. The van der Waals surface area contributed by atoms with Crippen LogP contribution < -0.4 is 9.80 Å². The van der Waals surface area contributed by atoms with E-state index in [1.165, 1.54) is 22.3 Å². The maximum Gasteiger partial charge on any atom is 0.227 e. The summed E-state index contributed by atoms with van der Waals surface area (Å²) < 4.78 is 12.7. The lowest BCUT2D eigenvalue weighted by atomic mass is 10.0. The third kappa shape index (κ3) is 7.97. The molecule has 0 saturated heterocycles. The zero-order valence-electron chi connectivity index (χ0n) is 36.9. The van der Waals surface area contributed by atoms with Gasteiger partial charge in [0.2, 0.25) is 11.8 Å². The average molecular weight is 875 g/mol. The lowest BCUT2D eigenvalue weighted by Crippen LogP contribution is -2.09. The van der Waals surface area contributed by atoms with Crippen LogP contribution in [-0.4, -0.2) is 9.97 Å². The van der Waals surface area contributed by atoms with E-state index in [1.54, 1.807) is 0 Å². The van der Waals surface area contributed by atoms with Crippen LogP contribution in [0.15, 0.2) is 264 Å². The van der Waals surface area contributed by atoms with Crippen molar-refractivity contribution in [2.24, 2.45) is 0 Å². The molecule has 0 radical (unpaired) electrons. The van der Waals surface area contributed by atoms with Crippen molar-refractivity contribution in [1.82, 2.24) is 9.97 Å². The van der Waals surface area contributed by atoms with Crippen molar-refractivity contribution in [3.8, 4) is 56.3 Å². The van der Waals surface area contributed by atoms with Crippen LogP contribution in [0.25, 0.3) is 78.5 Å². The molecule has 6 nitrogen and oxygen atoms in total. The maximum absolute atomic E-state index is 6.33. The van der Waals surface area contributed by atoms with Crippen LogP contribution in [0.5, 0.6) is 0 Å². The minimum atomic E-state index is 0.567. The number of oxazole rings is 2. The van der Waals surface area contributed by atoms with E-state index in [0.717, 1.165) is 78.6 Å². The Morgan fingerprint density at radius 3 is 0.838 bits per heavy atom. The molecule has 0 N–H and O–H groups in total. The van der Waals surface area contributed by atoms with Crippen LogP contribution >= 0.6 is 0 Å². The molecule has 12 aromatic rings. The van der Waals surface area contributed by atoms with Gasteiger partial charge in [-0.2, -0.15) is 0 Å². The molecule has 6 heteroatoms. The van der Waals surface area contributed by atoms with Gasteiger partial charge < -0.3 is 18.6 Å². The summed E-state index contributed by atoms with van der Waals surface area (Å²) in [5.74, 6) is 1.13. The monoisotopic (exact) mass is 874 g/mol. The first-order valence-electron chi connectivity index (χ1n) is 22.7. The molecule has 0 aliphatic heterocycles. The number of aromatic nitrogens is 2. The molecule has 0 atom stereocenters. The molecule has 2 heterocycles. The Labute approximate surface area is 394 Å². The van der Waals surface area contributed by atoms with E-state index in [0.29, 0.717) is 11.8 Å². The number of anilines is 6. The van der Waals surface area contributed by atoms with Gasteiger partial charge in [-0.1, -0.05) is 133 Å². The fraction of sp³-hybridized carbons (Fsp3) is 0. The van der Waals surface area contributed by atoms with Gasteiger partial charge in [0, 0.05) is 45.3 Å². The number of benzene rings is 10. The van der Waals surface area contributed by atoms with E-state index in [-0.39, 0.29) is 0 Å². The number of hydrogen-bond acceptors (Lipinski definition) is 6. The van der Waals surface area contributed by atoms with Crippen molar-refractivity contribution in [1.29, 1.82) is 0 Å². The highest BCUT2D eigenvalue weighted by atomic mass is 16.4. The molecule has 0 bridgehead atoms. The molecule has 0 unspecified atom stereocenters. The first kappa shape index (κ1) is 40.3. The van der Waals surface area contributed by atoms with Crippen LogP contribution in [0.2, 0.25) is 0 Å². The summed E-state index contributed by atoms with van der Waals surface area (Å²) >= 11 is 0. The van der Waals surface area contributed by atoms with E-state index in [4.69, 9.17) is 18.8 Å².